The van der Waals surface area contributed by atoms with Crippen LogP contribution in [-0.4, -0.2) is 42.8 Å². The van der Waals surface area contributed by atoms with E-state index in [1.807, 2.05) is 4.90 Å². The maximum Gasteiger partial charge on any atom is 0.317 e. The number of ether oxygens (including phenoxy) is 1. The summed E-state index contributed by atoms with van der Waals surface area (Å²) < 4.78 is 5.83. The van der Waals surface area contributed by atoms with Crippen molar-refractivity contribution >= 4 is 6.03 Å². The Kier molecular flexibility index (Phi) is 3.44. The van der Waals surface area contributed by atoms with E-state index in [0.29, 0.717) is 12.6 Å². The Morgan fingerprint density at radius 2 is 2.00 bits per heavy atom. The summed E-state index contributed by atoms with van der Waals surface area (Å²) in [4.78, 5) is 14.7. The monoisotopic (exact) mass is 306 g/mol. The van der Waals surface area contributed by atoms with Gasteiger partial charge in [-0.15, -0.1) is 0 Å². The number of hydrogen-bond acceptors (Lipinski definition) is 2. The van der Waals surface area contributed by atoms with Gasteiger partial charge in [-0.3, -0.25) is 0 Å². The van der Waals surface area contributed by atoms with Crippen LogP contribution in [0.1, 0.15) is 46.5 Å². The zero-order valence-corrected chi connectivity index (χ0v) is 14.2. The van der Waals surface area contributed by atoms with Gasteiger partial charge in [-0.05, 0) is 56.3 Å². The van der Waals surface area contributed by atoms with E-state index in [0.717, 1.165) is 36.8 Å². The fraction of sp³-hybridized carbons (Fsp3) is 0.944. The van der Waals surface area contributed by atoms with Gasteiger partial charge in [0.1, 0.15) is 0 Å². The van der Waals surface area contributed by atoms with Crippen LogP contribution in [0, 0.1) is 29.1 Å². The van der Waals surface area contributed by atoms with Gasteiger partial charge in [0.25, 0.3) is 0 Å². The minimum Gasteiger partial charge on any atom is -0.376 e. The normalized spacial score (nSPS) is 45.9. The molecule has 6 atom stereocenters. The van der Waals surface area contributed by atoms with Crippen molar-refractivity contribution in [3.8, 4) is 0 Å². The molecule has 22 heavy (non-hydrogen) atoms. The number of fused-ring (bicyclic) bond motifs is 5. The molecular weight excluding hydrogens is 276 g/mol. The highest BCUT2D eigenvalue weighted by Crippen LogP contribution is 2.61. The highest BCUT2D eigenvalue weighted by Gasteiger charge is 2.57. The maximum atomic E-state index is 12.7. The zero-order chi connectivity index (χ0) is 15.5. The molecule has 0 spiro atoms. The molecule has 0 aromatic carbocycles. The van der Waals surface area contributed by atoms with Crippen molar-refractivity contribution in [3.05, 3.63) is 0 Å². The number of amides is 2. The van der Waals surface area contributed by atoms with Gasteiger partial charge in [0.2, 0.25) is 0 Å². The topological polar surface area (TPSA) is 41.6 Å². The Hall–Kier alpha value is -0.770. The van der Waals surface area contributed by atoms with Gasteiger partial charge < -0.3 is 15.0 Å². The molecule has 0 aromatic heterocycles. The summed E-state index contributed by atoms with van der Waals surface area (Å²) in [5.74, 6) is 3.59. The quantitative estimate of drug-likeness (QED) is 0.809. The molecule has 4 fully saturated rings. The van der Waals surface area contributed by atoms with Crippen molar-refractivity contribution in [2.24, 2.45) is 29.1 Å². The van der Waals surface area contributed by atoms with Crippen LogP contribution in [0.5, 0.6) is 0 Å². The summed E-state index contributed by atoms with van der Waals surface area (Å²) in [5.41, 5.74) is 0.0384. The lowest BCUT2D eigenvalue weighted by Gasteiger charge is -2.48. The first-order valence-corrected chi connectivity index (χ1v) is 9.10. The lowest BCUT2D eigenvalue weighted by molar-refractivity contribution is 0.0359. The van der Waals surface area contributed by atoms with Gasteiger partial charge in [-0.1, -0.05) is 13.8 Å². The van der Waals surface area contributed by atoms with Gasteiger partial charge in [0.05, 0.1) is 12.7 Å². The first-order valence-electron chi connectivity index (χ1n) is 9.10. The molecule has 1 N–H and O–H groups in total. The zero-order valence-electron chi connectivity index (χ0n) is 14.2. The number of rotatable bonds is 1. The third kappa shape index (κ3) is 2.44. The second kappa shape index (κ2) is 5.12. The van der Waals surface area contributed by atoms with Gasteiger partial charge in [-0.2, -0.15) is 0 Å². The molecule has 2 amide bonds. The molecule has 1 heterocycles. The molecule has 0 aromatic rings. The van der Waals surface area contributed by atoms with Gasteiger partial charge in [0.15, 0.2) is 0 Å². The van der Waals surface area contributed by atoms with Crippen molar-refractivity contribution in [1.29, 1.82) is 0 Å². The van der Waals surface area contributed by atoms with E-state index < -0.39 is 0 Å². The predicted molar refractivity (Wildman–Crippen MR) is 85.5 cm³/mol. The average molecular weight is 306 g/mol. The lowest BCUT2D eigenvalue weighted by atomic mass is 9.62. The van der Waals surface area contributed by atoms with Crippen LogP contribution >= 0.6 is 0 Å². The summed E-state index contributed by atoms with van der Waals surface area (Å²) in [7, 11) is 0. The van der Waals surface area contributed by atoms with Crippen molar-refractivity contribution in [2.45, 2.75) is 58.6 Å². The summed E-state index contributed by atoms with van der Waals surface area (Å²) in [6, 6.07) is 0.576. The molecule has 3 saturated carbocycles. The molecule has 0 radical (unpaired) electrons. The Balaban J connectivity index is 1.38. The molecule has 3 unspecified atom stereocenters. The van der Waals surface area contributed by atoms with Crippen molar-refractivity contribution in [1.82, 2.24) is 10.2 Å². The van der Waals surface area contributed by atoms with Crippen LogP contribution in [0.2, 0.25) is 0 Å². The van der Waals surface area contributed by atoms with E-state index in [-0.39, 0.29) is 17.6 Å². The molecule has 124 valence electrons. The van der Waals surface area contributed by atoms with E-state index in [1.54, 1.807) is 0 Å². The minimum absolute atomic E-state index is 0.0384. The largest absolute Gasteiger partial charge is 0.376 e. The fourth-order valence-corrected chi connectivity index (χ4v) is 5.60. The third-order valence-electron chi connectivity index (χ3n) is 6.60. The van der Waals surface area contributed by atoms with Crippen LogP contribution in [0.15, 0.2) is 0 Å². The van der Waals surface area contributed by atoms with Gasteiger partial charge in [-0.25, -0.2) is 4.79 Å². The predicted octanol–water partition coefficient (Wildman–Crippen LogP) is 2.88. The Morgan fingerprint density at radius 1 is 1.23 bits per heavy atom. The number of nitrogens with zero attached hydrogens (tertiary/aromatic N) is 1. The molecule has 4 aliphatic rings. The maximum absolute atomic E-state index is 12.7. The van der Waals surface area contributed by atoms with Crippen LogP contribution in [0.3, 0.4) is 0 Å². The Labute approximate surface area is 134 Å². The van der Waals surface area contributed by atoms with Crippen LogP contribution in [0.4, 0.5) is 4.79 Å². The van der Waals surface area contributed by atoms with Gasteiger partial charge >= 0.3 is 6.03 Å². The fourth-order valence-electron chi connectivity index (χ4n) is 5.60. The van der Waals surface area contributed by atoms with E-state index in [2.05, 4.69) is 26.1 Å². The van der Waals surface area contributed by atoms with Crippen LogP contribution < -0.4 is 5.32 Å². The number of nitrogens with one attached hydrogen (secondary N) is 1. The van der Waals surface area contributed by atoms with Gasteiger partial charge in [0, 0.05) is 24.5 Å². The molecule has 1 saturated heterocycles. The van der Waals surface area contributed by atoms with E-state index >= 15 is 0 Å². The molecule has 4 rings (SSSR count). The van der Waals surface area contributed by atoms with E-state index in [4.69, 9.17) is 4.74 Å². The highest BCUT2D eigenvalue weighted by molar-refractivity contribution is 5.75. The molecule has 2 bridgehead atoms. The average Bonchev–Trinajstić information content (AvgIpc) is 2.93. The molecule has 4 nitrogen and oxygen atoms in total. The van der Waals surface area contributed by atoms with Crippen molar-refractivity contribution < 1.29 is 9.53 Å². The van der Waals surface area contributed by atoms with E-state index in [1.165, 1.54) is 25.7 Å². The third-order valence-corrected chi connectivity index (χ3v) is 6.60. The number of carbonyl (C=O) groups is 1. The Bertz CT molecular complexity index is 462. The first-order chi connectivity index (χ1) is 10.4. The second-order valence-electron chi connectivity index (χ2n) is 9.03. The lowest BCUT2D eigenvalue weighted by Crippen LogP contribution is -2.58. The van der Waals surface area contributed by atoms with E-state index in [9.17, 15) is 4.79 Å². The molecule has 4 heteroatoms. The first kappa shape index (κ1) is 14.8. The highest BCUT2D eigenvalue weighted by atomic mass is 16.5. The summed E-state index contributed by atoms with van der Waals surface area (Å²) in [6.07, 6.45) is 5.63. The van der Waals surface area contributed by atoms with Crippen molar-refractivity contribution in [3.63, 3.8) is 0 Å². The smallest absolute Gasteiger partial charge is 0.317 e. The van der Waals surface area contributed by atoms with Crippen LogP contribution in [0.25, 0.3) is 0 Å². The summed E-state index contributed by atoms with van der Waals surface area (Å²) in [5, 5.41) is 3.36. The van der Waals surface area contributed by atoms with Crippen LogP contribution in [-0.2, 0) is 4.74 Å². The van der Waals surface area contributed by atoms with Crippen molar-refractivity contribution in [2.75, 3.05) is 19.7 Å². The number of urea groups is 1. The SMILES string of the molecule is CC1CN(C(=O)N[C@@H]2C[C@@H]3C4CCC(C4)[C@@H]32)CC(C)(C)CO1. The molecule has 1 aliphatic heterocycles. The molecule has 3 aliphatic carbocycles. The number of carbonyl (C=O) groups excluding carboxylic acids is 1. The Morgan fingerprint density at radius 3 is 2.77 bits per heavy atom. The minimum atomic E-state index is 0.0384. The summed E-state index contributed by atoms with van der Waals surface area (Å²) in [6.45, 7) is 8.66. The number of hydrogen-bond donors (Lipinski definition) is 1. The second-order valence-corrected chi connectivity index (χ2v) is 9.03. The standard InChI is InChI=1S/C18H30N2O2/c1-11-8-20(9-18(2,3)10-22-11)17(21)19-15-7-14-12-4-5-13(6-12)16(14)15/h11-16H,4-10H2,1-3H3,(H,19,21)/t11?,12?,13?,14-,15-,16+/m1/s1. The summed E-state index contributed by atoms with van der Waals surface area (Å²) >= 11 is 0. The molecular formula is C18H30N2O2.